The summed E-state index contributed by atoms with van der Waals surface area (Å²) in [5.74, 6) is 0.704. The normalized spacial score (nSPS) is 12.2. The van der Waals surface area contributed by atoms with Crippen LogP contribution in [0.3, 0.4) is 0 Å². The Morgan fingerprint density at radius 1 is 0.465 bits per heavy atom. The molecule has 3 nitrogen and oxygen atoms in total. The van der Waals surface area contributed by atoms with Gasteiger partial charge in [-0.1, -0.05) is 115 Å². The van der Waals surface area contributed by atoms with Crippen LogP contribution in [0.5, 0.6) is 0 Å². The standard InChI is InChI=1S/C38H21N3S2/c1-2-11-23(12-3-1)32-37-33(29-19-18-22-10-4-5-13-24(22)35(29)43-37)40-38(39-32)41-30-16-8-6-14-25(30)27-20-21-28-26-15-7-9-17-31(26)42-36(28)34(27)41/h1-21H. The van der Waals surface area contributed by atoms with E-state index in [0.717, 1.165) is 27.0 Å². The number of aromatic nitrogens is 3. The van der Waals surface area contributed by atoms with Crippen molar-refractivity contribution in [2.75, 3.05) is 0 Å². The Morgan fingerprint density at radius 3 is 2.09 bits per heavy atom. The summed E-state index contributed by atoms with van der Waals surface area (Å²) in [5, 5.41) is 8.67. The lowest BCUT2D eigenvalue weighted by Crippen LogP contribution is -2.02. The van der Waals surface area contributed by atoms with Gasteiger partial charge in [0.25, 0.3) is 0 Å². The molecule has 6 aromatic carbocycles. The number of rotatable bonds is 2. The molecule has 0 amide bonds. The third-order valence-corrected chi connectivity index (χ3v) is 11.0. The van der Waals surface area contributed by atoms with E-state index in [-0.39, 0.29) is 0 Å². The van der Waals surface area contributed by atoms with Crippen molar-refractivity contribution in [2.24, 2.45) is 0 Å². The van der Waals surface area contributed by atoms with Gasteiger partial charge in [-0.05, 0) is 22.9 Å². The third-order valence-electron chi connectivity index (χ3n) is 8.62. The van der Waals surface area contributed by atoms with Crippen LogP contribution in [-0.2, 0) is 0 Å². The van der Waals surface area contributed by atoms with E-state index in [1.54, 1.807) is 11.3 Å². The van der Waals surface area contributed by atoms with Gasteiger partial charge in [0, 0.05) is 41.9 Å². The highest BCUT2D eigenvalue weighted by molar-refractivity contribution is 7.27. The van der Waals surface area contributed by atoms with Crippen LogP contribution in [0.15, 0.2) is 127 Å². The van der Waals surface area contributed by atoms with Crippen LogP contribution in [0.1, 0.15) is 0 Å². The number of hydrogen-bond acceptors (Lipinski definition) is 4. The van der Waals surface area contributed by atoms with E-state index in [9.17, 15) is 0 Å². The zero-order valence-corrected chi connectivity index (χ0v) is 24.4. The van der Waals surface area contributed by atoms with Crippen molar-refractivity contribution in [2.45, 2.75) is 0 Å². The van der Waals surface area contributed by atoms with E-state index in [1.807, 2.05) is 11.3 Å². The highest BCUT2D eigenvalue weighted by Gasteiger charge is 2.22. The van der Waals surface area contributed by atoms with Gasteiger partial charge in [-0.2, -0.15) is 0 Å². The number of thiophene rings is 2. The van der Waals surface area contributed by atoms with Crippen molar-refractivity contribution in [1.29, 1.82) is 0 Å². The fraction of sp³-hybridized carbons (Fsp3) is 0. The van der Waals surface area contributed by atoms with Gasteiger partial charge in [0.1, 0.15) is 0 Å². The Kier molecular flexibility index (Phi) is 4.75. The largest absolute Gasteiger partial charge is 0.276 e. The summed E-state index contributed by atoms with van der Waals surface area (Å²) >= 11 is 3.65. The van der Waals surface area contributed by atoms with Gasteiger partial charge in [-0.15, -0.1) is 22.7 Å². The molecule has 0 bridgehead atoms. The van der Waals surface area contributed by atoms with Crippen LogP contribution >= 0.6 is 22.7 Å². The van der Waals surface area contributed by atoms with E-state index in [0.29, 0.717) is 5.95 Å². The molecule has 0 spiro atoms. The first-order chi connectivity index (χ1) is 21.3. The third kappa shape index (κ3) is 3.23. The van der Waals surface area contributed by atoms with E-state index in [4.69, 9.17) is 9.97 Å². The highest BCUT2D eigenvalue weighted by atomic mass is 32.1. The van der Waals surface area contributed by atoms with Crippen molar-refractivity contribution < 1.29 is 0 Å². The Hall–Kier alpha value is -5.10. The molecule has 0 fully saturated rings. The van der Waals surface area contributed by atoms with E-state index in [1.165, 1.54) is 57.3 Å². The van der Waals surface area contributed by atoms with Gasteiger partial charge < -0.3 is 0 Å². The van der Waals surface area contributed by atoms with Crippen LogP contribution in [0.4, 0.5) is 0 Å². The fourth-order valence-corrected chi connectivity index (χ4v) is 9.22. The van der Waals surface area contributed by atoms with Crippen LogP contribution in [0.2, 0.25) is 0 Å². The number of para-hydroxylation sites is 1. The van der Waals surface area contributed by atoms with Gasteiger partial charge in [0.2, 0.25) is 5.95 Å². The number of nitrogens with zero attached hydrogens (tertiary/aromatic N) is 3. The molecule has 10 aromatic rings. The van der Waals surface area contributed by atoms with Gasteiger partial charge >= 0.3 is 0 Å². The van der Waals surface area contributed by atoms with E-state index in [2.05, 4.69) is 132 Å². The maximum atomic E-state index is 5.43. The molecule has 0 saturated heterocycles. The highest BCUT2D eigenvalue weighted by Crippen LogP contribution is 2.45. The zero-order valence-electron chi connectivity index (χ0n) is 22.8. The zero-order chi connectivity index (χ0) is 28.1. The van der Waals surface area contributed by atoms with Crippen LogP contribution in [-0.4, -0.2) is 14.5 Å². The lowest BCUT2D eigenvalue weighted by Gasteiger charge is -2.10. The monoisotopic (exact) mass is 583 g/mol. The molecule has 4 heterocycles. The maximum absolute atomic E-state index is 5.43. The quantitative estimate of drug-likeness (QED) is 0.203. The minimum Gasteiger partial charge on any atom is -0.276 e. The molecule has 0 unspecified atom stereocenters. The molecule has 0 saturated carbocycles. The summed E-state index contributed by atoms with van der Waals surface area (Å²) in [6.45, 7) is 0. The second-order valence-electron chi connectivity index (χ2n) is 11.0. The predicted molar refractivity (Wildman–Crippen MR) is 185 cm³/mol. The summed E-state index contributed by atoms with van der Waals surface area (Å²) in [6, 6.07) is 45.5. The first-order valence-corrected chi connectivity index (χ1v) is 16.0. The summed E-state index contributed by atoms with van der Waals surface area (Å²) < 4.78 is 7.23. The predicted octanol–water partition coefficient (Wildman–Crippen LogP) is 11.1. The maximum Gasteiger partial charge on any atom is 0.235 e. The van der Waals surface area contributed by atoms with E-state index >= 15 is 0 Å². The Morgan fingerprint density at radius 2 is 1.19 bits per heavy atom. The lowest BCUT2D eigenvalue weighted by atomic mass is 10.1. The summed E-state index contributed by atoms with van der Waals surface area (Å²) in [6.07, 6.45) is 0. The second kappa shape index (κ2) is 8.71. The molecular formula is C38H21N3S2. The number of fused-ring (bicyclic) bond motifs is 12. The topological polar surface area (TPSA) is 30.7 Å². The smallest absolute Gasteiger partial charge is 0.235 e. The molecule has 10 rings (SSSR count). The molecular weight excluding hydrogens is 563 g/mol. The van der Waals surface area contributed by atoms with Gasteiger partial charge in [-0.3, -0.25) is 4.57 Å². The van der Waals surface area contributed by atoms with Crippen molar-refractivity contribution in [3.63, 3.8) is 0 Å². The molecule has 43 heavy (non-hydrogen) atoms. The fourth-order valence-electron chi connectivity index (χ4n) is 6.69. The summed E-state index contributed by atoms with van der Waals surface area (Å²) in [7, 11) is 0. The summed E-state index contributed by atoms with van der Waals surface area (Å²) in [4.78, 5) is 10.8. The molecule has 4 aromatic heterocycles. The molecule has 0 aliphatic rings. The SMILES string of the molecule is c1ccc(-c2nc(-n3c4ccccc4c4ccc5c6ccccc6sc5c43)nc3c2sc2c4ccccc4ccc32)cc1. The van der Waals surface area contributed by atoms with Crippen molar-refractivity contribution in [3.8, 4) is 17.2 Å². The Bertz CT molecular complexity index is 2730. The van der Waals surface area contributed by atoms with E-state index < -0.39 is 0 Å². The summed E-state index contributed by atoms with van der Waals surface area (Å²) in [5.41, 5.74) is 5.36. The Labute approximate surface area is 253 Å². The molecule has 5 heteroatoms. The Balaban J connectivity index is 1.40. The average molecular weight is 584 g/mol. The molecule has 0 N–H and O–H groups in total. The molecule has 0 aliphatic heterocycles. The molecule has 0 radical (unpaired) electrons. The average Bonchev–Trinajstić information content (AvgIpc) is 3.74. The van der Waals surface area contributed by atoms with Gasteiger partial charge in [-0.25, -0.2) is 9.97 Å². The van der Waals surface area contributed by atoms with Gasteiger partial charge in [0.15, 0.2) is 0 Å². The number of benzene rings is 6. The van der Waals surface area contributed by atoms with Crippen molar-refractivity contribution in [3.05, 3.63) is 127 Å². The van der Waals surface area contributed by atoms with Crippen LogP contribution in [0.25, 0.3) is 90.3 Å². The first kappa shape index (κ1) is 23.5. The minimum atomic E-state index is 0.704. The molecule has 0 aliphatic carbocycles. The second-order valence-corrected chi connectivity index (χ2v) is 13.0. The molecule has 0 atom stereocenters. The van der Waals surface area contributed by atoms with Gasteiger partial charge in [0.05, 0.1) is 31.6 Å². The molecule has 200 valence electrons. The lowest BCUT2D eigenvalue weighted by molar-refractivity contribution is 1.02. The minimum absolute atomic E-state index is 0.704. The van der Waals surface area contributed by atoms with Crippen molar-refractivity contribution >= 4 is 95.7 Å². The number of hydrogen-bond donors (Lipinski definition) is 0. The van der Waals surface area contributed by atoms with Crippen LogP contribution < -0.4 is 0 Å². The van der Waals surface area contributed by atoms with Crippen LogP contribution in [0, 0.1) is 0 Å². The van der Waals surface area contributed by atoms with Crippen molar-refractivity contribution in [1.82, 2.24) is 14.5 Å². The first-order valence-electron chi connectivity index (χ1n) is 14.3.